The van der Waals surface area contributed by atoms with Gasteiger partial charge in [0.1, 0.15) is 0 Å². The Hall–Kier alpha value is -0.610. The van der Waals surface area contributed by atoms with Crippen molar-refractivity contribution >= 4 is 5.91 Å². The molecule has 0 fully saturated rings. The Balaban J connectivity index is 4.09. The Morgan fingerprint density at radius 1 is 1.47 bits per heavy atom. The van der Waals surface area contributed by atoms with E-state index in [2.05, 4.69) is 5.32 Å². The van der Waals surface area contributed by atoms with Crippen LogP contribution in [-0.4, -0.2) is 44.0 Å². The van der Waals surface area contributed by atoms with Crippen molar-refractivity contribution in [3.63, 3.8) is 0 Å². The van der Waals surface area contributed by atoms with Crippen molar-refractivity contribution in [3.05, 3.63) is 0 Å². The van der Waals surface area contributed by atoms with Crippen LogP contribution in [0.2, 0.25) is 0 Å². The van der Waals surface area contributed by atoms with Crippen LogP contribution in [0.25, 0.3) is 0 Å². The molecule has 0 aromatic carbocycles. The summed E-state index contributed by atoms with van der Waals surface area (Å²) in [5.41, 5.74) is 5.72. The van der Waals surface area contributed by atoms with E-state index in [4.69, 9.17) is 5.73 Å². The third-order valence-electron chi connectivity index (χ3n) is 2.50. The zero-order valence-corrected chi connectivity index (χ0v) is 10.6. The van der Waals surface area contributed by atoms with Gasteiger partial charge in [-0.3, -0.25) is 4.79 Å². The quantitative estimate of drug-likeness (QED) is 0.654. The van der Waals surface area contributed by atoms with E-state index in [0.717, 1.165) is 19.5 Å². The minimum absolute atomic E-state index is 0.0265. The molecule has 0 rings (SSSR count). The second kappa shape index (κ2) is 6.08. The SMILES string of the molecule is CNCCCN(C)C(=O)C(N)C(C)(C)C. The molecule has 0 heterocycles. The van der Waals surface area contributed by atoms with E-state index in [9.17, 15) is 4.79 Å². The molecule has 0 aromatic rings. The van der Waals surface area contributed by atoms with E-state index in [0.29, 0.717) is 0 Å². The van der Waals surface area contributed by atoms with Gasteiger partial charge in [0.05, 0.1) is 6.04 Å². The smallest absolute Gasteiger partial charge is 0.239 e. The van der Waals surface area contributed by atoms with Gasteiger partial charge in [-0.05, 0) is 25.4 Å². The Bertz CT molecular complexity index is 198. The maximum absolute atomic E-state index is 11.9. The molecule has 0 saturated heterocycles. The summed E-state index contributed by atoms with van der Waals surface area (Å²) < 4.78 is 0. The number of nitrogens with two attached hydrogens (primary N) is 1. The molecule has 0 saturated carbocycles. The van der Waals surface area contributed by atoms with Gasteiger partial charge in [0.25, 0.3) is 0 Å². The summed E-state index contributed by atoms with van der Waals surface area (Å²) in [5, 5.41) is 3.05. The highest BCUT2D eigenvalue weighted by molar-refractivity contribution is 5.82. The first kappa shape index (κ1) is 14.4. The molecule has 4 heteroatoms. The fourth-order valence-corrected chi connectivity index (χ4v) is 1.21. The predicted octanol–water partition coefficient (Wildman–Crippen LogP) is 0.428. The maximum Gasteiger partial charge on any atom is 0.239 e. The van der Waals surface area contributed by atoms with Gasteiger partial charge in [0, 0.05) is 13.6 Å². The van der Waals surface area contributed by atoms with Gasteiger partial charge < -0.3 is 16.0 Å². The van der Waals surface area contributed by atoms with Gasteiger partial charge in [-0.1, -0.05) is 20.8 Å². The van der Waals surface area contributed by atoms with Crippen LogP contribution in [-0.2, 0) is 4.79 Å². The van der Waals surface area contributed by atoms with Gasteiger partial charge in [-0.25, -0.2) is 0 Å². The lowest BCUT2D eigenvalue weighted by Gasteiger charge is -2.30. The summed E-state index contributed by atoms with van der Waals surface area (Å²) >= 11 is 0. The molecule has 3 N–H and O–H groups in total. The topological polar surface area (TPSA) is 58.4 Å². The summed E-state index contributed by atoms with van der Waals surface area (Å²) in [6, 6.07) is -0.419. The lowest BCUT2D eigenvalue weighted by molar-refractivity contribution is -0.133. The largest absolute Gasteiger partial charge is 0.344 e. The van der Waals surface area contributed by atoms with Gasteiger partial charge >= 0.3 is 0 Å². The molecule has 0 aliphatic rings. The molecule has 4 nitrogen and oxygen atoms in total. The molecular weight excluding hydrogens is 190 g/mol. The van der Waals surface area contributed by atoms with Gasteiger partial charge in [0.15, 0.2) is 0 Å². The highest BCUT2D eigenvalue weighted by atomic mass is 16.2. The van der Waals surface area contributed by atoms with Crippen LogP contribution in [0.15, 0.2) is 0 Å². The van der Waals surface area contributed by atoms with Crippen LogP contribution >= 0.6 is 0 Å². The number of rotatable bonds is 5. The van der Waals surface area contributed by atoms with Crippen LogP contribution in [0.3, 0.4) is 0 Å². The standard InChI is InChI=1S/C11H25N3O/c1-11(2,3)9(12)10(15)14(5)8-6-7-13-4/h9,13H,6-8,12H2,1-5H3. The third-order valence-corrected chi connectivity index (χ3v) is 2.50. The Morgan fingerprint density at radius 3 is 2.40 bits per heavy atom. The fourth-order valence-electron chi connectivity index (χ4n) is 1.21. The van der Waals surface area contributed by atoms with E-state index >= 15 is 0 Å². The molecule has 15 heavy (non-hydrogen) atoms. The minimum Gasteiger partial charge on any atom is -0.344 e. The average molecular weight is 215 g/mol. The van der Waals surface area contributed by atoms with Gasteiger partial charge in [0.2, 0.25) is 5.91 Å². The van der Waals surface area contributed by atoms with Crippen LogP contribution in [0.1, 0.15) is 27.2 Å². The number of hydrogen-bond donors (Lipinski definition) is 2. The molecule has 1 amide bonds. The minimum atomic E-state index is -0.419. The maximum atomic E-state index is 11.9. The highest BCUT2D eigenvalue weighted by Crippen LogP contribution is 2.18. The zero-order valence-electron chi connectivity index (χ0n) is 10.6. The molecular formula is C11H25N3O. The second-order valence-corrected chi connectivity index (χ2v) is 5.06. The summed E-state index contributed by atoms with van der Waals surface area (Å²) in [6.07, 6.45) is 0.954. The lowest BCUT2D eigenvalue weighted by Crippen LogP contribution is -2.49. The molecule has 0 aromatic heterocycles. The molecule has 1 unspecified atom stereocenters. The molecule has 0 aliphatic carbocycles. The second-order valence-electron chi connectivity index (χ2n) is 5.06. The summed E-state index contributed by atoms with van der Waals surface area (Å²) in [7, 11) is 3.71. The molecule has 0 bridgehead atoms. The molecule has 90 valence electrons. The van der Waals surface area contributed by atoms with Crippen molar-refractivity contribution < 1.29 is 4.79 Å². The molecule has 0 aliphatic heterocycles. The van der Waals surface area contributed by atoms with Crippen molar-refractivity contribution in [2.24, 2.45) is 11.1 Å². The van der Waals surface area contributed by atoms with E-state index in [1.807, 2.05) is 34.9 Å². The Labute approximate surface area is 93.2 Å². The number of nitrogens with one attached hydrogen (secondary N) is 1. The average Bonchev–Trinajstić information content (AvgIpc) is 2.14. The number of likely N-dealkylation sites (N-methyl/N-ethyl adjacent to an activating group) is 1. The Kier molecular flexibility index (Phi) is 5.83. The van der Waals surface area contributed by atoms with E-state index in [-0.39, 0.29) is 11.3 Å². The summed E-state index contributed by atoms with van der Waals surface area (Å²) in [5.74, 6) is 0.0265. The molecule has 0 radical (unpaired) electrons. The van der Waals surface area contributed by atoms with Crippen molar-refractivity contribution in [2.75, 3.05) is 27.2 Å². The van der Waals surface area contributed by atoms with Crippen LogP contribution < -0.4 is 11.1 Å². The van der Waals surface area contributed by atoms with Crippen molar-refractivity contribution in [2.45, 2.75) is 33.2 Å². The van der Waals surface area contributed by atoms with Gasteiger partial charge in [-0.15, -0.1) is 0 Å². The summed E-state index contributed by atoms with van der Waals surface area (Å²) in [4.78, 5) is 13.6. The van der Waals surface area contributed by atoms with Crippen LogP contribution in [0.4, 0.5) is 0 Å². The van der Waals surface area contributed by atoms with E-state index in [1.165, 1.54) is 0 Å². The fraction of sp³-hybridized carbons (Fsp3) is 0.909. The van der Waals surface area contributed by atoms with Crippen LogP contribution in [0.5, 0.6) is 0 Å². The van der Waals surface area contributed by atoms with Crippen molar-refractivity contribution in [3.8, 4) is 0 Å². The first-order valence-corrected chi connectivity index (χ1v) is 5.46. The van der Waals surface area contributed by atoms with E-state index in [1.54, 1.807) is 4.90 Å². The van der Waals surface area contributed by atoms with E-state index < -0.39 is 6.04 Å². The third kappa shape index (κ3) is 5.14. The zero-order chi connectivity index (χ0) is 12.1. The number of nitrogens with zero attached hydrogens (tertiary/aromatic N) is 1. The molecule has 0 spiro atoms. The Morgan fingerprint density at radius 2 is 2.00 bits per heavy atom. The monoisotopic (exact) mass is 215 g/mol. The first-order valence-electron chi connectivity index (χ1n) is 5.46. The van der Waals surface area contributed by atoms with Gasteiger partial charge in [-0.2, -0.15) is 0 Å². The van der Waals surface area contributed by atoms with Crippen molar-refractivity contribution in [1.29, 1.82) is 0 Å². The number of carbonyl (C=O) groups excluding carboxylic acids is 1. The number of amides is 1. The number of hydrogen-bond acceptors (Lipinski definition) is 3. The highest BCUT2D eigenvalue weighted by Gasteiger charge is 2.29. The lowest BCUT2D eigenvalue weighted by atomic mass is 9.86. The molecule has 1 atom stereocenters. The number of carbonyl (C=O) groups is 1. The van der Waals surface area contributed by atoms with Crippen LogP contribution in [0, 0.1) is 5.41 Å². The first-order chi connectivity index (χ1) is 6.80. The normalized spacial score (nSPS) is 13.7. The van der Waals surface area contributed by atoms with Crippen molar-refractivity contribution in [1.82, 2.24) is 10.2 Å². The predicted molar refractivity (Wildman–Crippen MR) is 63.6 cm³/mol. The summed E-state index contributed by atoms with van der Waals surface area (Å²) in [6.45, 7) is 7.62.